The van der Waals surface area contributed by atoms with Gasteiger partial charge in [0, 0.05) is 18.8 Å². The maximum Gasteiger partial charge on any atom is 0.225 e. The van der Waals surface area contributed by atoms with E-state index >= 15 is 0 Å². The van der Waals surface area contributed by atoms with Gasteiger partial charge in [-0.3, -0.25) is 4.98 Å². The van der Waals surface area contributed by atoms with Crippen LogP contribution in [0, 0.1) is 0 Å². The van der Waals surface area contributed by atoms with Gasteiger partial charge in [-0.05, 0) is 18.1 Å². The summed E-state index contributed by atoms with van der Waals surface area (Å²) in [7, 11) is 0. The largest absolute Gasteiger partial charge is 0.368 e. The van der Waals surface area contributed by atoms with Crippen molar-refractivity contribution in [3.05, 3.63) is 35.9 Å². The Bertz CT molecular complexity index is 450. The molecule has 0 spiro atoms. The molecule has 2 aromatic rings. The van der Waals surface area contributed by atoms with Crippen molar-refractivity contribution in [2.24, 2.45) is 0 Å². The van der Waals surface area contributed by atoms with Gasteiger partial charge >= 0.3 is 0 Å². The van der Waals surface area contributed by atoms with Crippen LogP contribution in [-0.4, -0.2) is 19.9 Å². The van der Waals surface area contributed by atoms with Crippen molar-refractivity contribution in [3.8, 4) is 0 Å². The Morgan fingerprint density at radius 2 is 1.75 bits per heavy atom. The quantitative estimate of drug-likeness (QED) is 0.760. The van der Waals surface area contributed by atoms with Crippen LogP contribution in [0.4, 0.5) is 11.9 Å². The van der Waals surface area contributed by atoms with Gasteiger partial charge in [0.05, 0.1) is 0 Å². The molecule has 0 aliphatic heterocycles. The van der Waals surface area contributed by atoms with Gasteiger partial charge in [0.2, 0.25) is 11.9 Å². The summed E-state index contributed by atoms with van der Waals surface area (Å²) >= 11 is 0. The standard InChI is InChI=1S/C10H12N6/c11-9-14-8(15-10(12)16-9)4-3-7-2-1-5-13-6-7/h1-2,5-6H,3-4H2,(H4,11,12,14,15,16). The Morgan fingerprint density at radius 1 is 1.00 bits per heavy atom. The number of nitrogen functional groups attached to an aromatic ring is 2. The molecule has 0 aliphatic carbocycles. The third-order valence-corrected chi connectivity index (χ3v) is 2.08. The average molecular weight is 216 g/mol. The number of aromatic nitrogens is 4. The Labute approximate surface area is 92.8 Å². The molecule has 2 heterocycles. The fraction of sp³-hybridized carbons (Fsp3) is 0.200. The zero-order chi connectivity index (χ0) is 11.4. The molecule has 0 fully saturated rings. The smallest absolute Gasteiger partial charge is 0.225 e. The highest BCUT2D eigenvalue weighted by atomic mass is 15.1. The minimum atomic E-state index is 0.161. The Hall–Kier alpha value is -2.24. The van der Waals surface area contributed by atoms with Gasteiger partial charge in [0.1, 0.15) is 5.82 Å². The zero-order valence-corrected chi connectivity index (χ0v) is 8.67. The summed E-state index contributed by atoms with van der Waals surface area (Å²) in [6.45, 7) is 0. The minimum absolute atomic E-state index is 0.161. The first kappa shape index (κ1) is 10.3. The Balaban J connectivity index is 2.05. The number of hydrogen-bond acceptors (Lipinski definition) is 6. The van der Waals surface area contributed by atoms with Gasteiger partial charge in [-0.2, -0.15) is 15.0 Å². The predicted molar refractivity (Wildman–Crippen MR) is 60.3 cm³/mol. The Morgan fingerprint density at radius 3 is 2.38 bits per heavy atom. The number of rotatable bonds is 3. The zero-order valence-electron chi connectivity index (χ0n) is 8.67. The first-order valence-corrected chi connectivity index (χ1v) is 4.89. The van der Waals surface area contributed by atoms with Gasteiger partial charge in [0.25, 0.3) is 0 Å². The summed E-state index contributed by atoms with van der Waals surface area (Å²) in [5, 5.41) is 0. The average Bonchev–Trinajstić information content (AvgIpc) is 2.27. The van der Waals surface area contributed by atoms with Crippen molar-refractivity contribution >= 4 is 11.9 Å². The molecule has 0 unspecified atom stereocenters. The van der Waals surface area contributed by atoms with Crippen molar-refractivity contribution in [2.45, 2.75) is 12.8 Å². The van der Waals surface area contributed by atoms with Gasteiger partial charge in [-0.1, -0.05) is 6.07 Å². The van der Waals surface area contributed by atoms with Gasteiger partial charge in [-0.15, -0.1) is 0 Å². The maximum absolute atomic E-state index is 5.47. The third kappa shape index (κ3) is 2.63. The summed E-state index contributed by atoms with van der Waals surface area (Å²) in [5.41, 5.74) is 12.1. The molecule has 0 saturated carbocycles. The van der Waals surface area contributed by atoms with E-state index in [2.05, 4.69) is 19.9 Å². The van der Waals surface area contributed by atoms with E-state index in [1.54, 1.807) is 6.20 Å². The maximum atomic E-state index is 5.47. The van der Waals surface area contributed by atoms with E-state index < -0.39 is 0 Å². The number of hydrogen-bond donors (Lipinski definition) is 2. The second kappa shape index (κ2) is 4.52. The lowest BCUT2D eigenvalue weighted by molar-refractivity contribution is 0.844. The van der Waals surface area contributed by atoms with Gasteiger partial charge in [0.15, 0.2) is 0 Å². The summed E-state index contributed by atoms with van der Waals surface area (Å²) in [6.07, 6.45) is 5.02. The van der Waals surface area contributed by atoms with Crippen LogP contribution in [0.15, 0.2) is 24.5 Å². The lowest BCUT2D eigenvalue weighted by Crippen LogP contribution is -2.07. The lowest BCUT2D eigenvalue weighted by atomic mass is 10.1. The molecule has 16 heavy (non-hydrogen) atoms. The van der Waals surface area contributed by atoms with Crippen molar-refractivity contribution < 1.29 is 0 Å². The lowest BCUT2D eigenvalue weighted by Gasteiger charge is -2.01. The van der Waals surface area contributed by atoms with E-state index in [1.807, 2.05) is 18.3 Å². The summed E-state index contributed by atoms with van der Waals surface area (Å²) in [6, 6.07) is 3.90. The molecular formula is C10H12N6. The fourth-order valence-electron chi connectivity index (χ4n) is 1.37. The second-order valence-corrected chi connectivity index (χ2v) is 3.33. The Kier molecular flexibility index (Phi) is 2.90. The molecule has 82 valence electrons. The molecule has 0 atom stereocenters. The van der Waals surface area contributed by atoms with Crippen LogP contribution in [0.1, 0.15) is 11.4 Å². The molecule has 2 aromatic heterocycles. The van der Waals surface area contributed by atoms with Gasteiger partial charge in [-0.25, -0.2) is 0 Å². The normalized spacial score (nSPS) is 10.2. The number of anilines is 2. The predicted octanol–water partition coefficient (Wildman–Crippen LogP) is 0.216. The number of pyridine rings is 1. The monoisotopic (exact) mass is 216 g/mol. The van der Waals surface area contributed by atoms with Crippen LogP contribution in [0.2, 0.25) is 0 Å². The third-order valence-electron chi connectivity index (χ3n) is 2.08. The van der Waals surface area contributed by atoms with Crippen molar-refractivity contribution in [3.63, 3.8) is 0 Å². The van der Waals surface area contributed by atoms with E-state index in [0.717, 1.165) is 12.0 Å². The molecule has 0 aromatic carbocycles. The van der Waals surface area contributed by atoms with Crippen LogP contribution in [0.3, 0.4) is 0 Å². The number of nitrogens with two attached hydrogens (primary N) is 2. The van der Waals surface area contributed by atoms with Crippen LogP contribution >= 0.6 is 0 Å². The first-order valence-electron chi connectivity index (χ1n) is 4.89. The van der Waals surface area contributed by atoms with Crippen molar-refractivity contribution in [1.29, 1.82) is 0 Å². The first-order chi connectivity index (χ1) is 7.74. The van der Waals surface area contributed by atoms with Crippen LogP contribution < -0.4 is 11.5 Å². The minimum Gasteiger partial charge on any atom is -0.368 e. The van der Waals surface area contributed by atoms with E-state index in [0.29, 0.717) is 12.2 Å². The molecule has 6 nitrogen and oxygen atoms in total. The number of aryl methyl sites for hydroxylation is 2. The molecule has 0 radical (unpaired) electrons. The van der Waals surface area contributed by atoms with Gasteiger partial charge < -0.3 is 11.5 Å². The summed E-state index contributed by atoms with van der Waals surface area (Å²) < 4.78 is 0. The van der Waals surface area contributed by atoms with Crippen LogP contribution in [0.5, 0.6) is 0 Å². The van der Waals surface area contributed by atoms with E-state index in [9.17, 15) is 0 Å². The molecule has 0 bridgehead atoms. The van der Waals surface area contributed by atoms with Crippen molar-refractivity contribution in [1.82, 2.24) is 19.9 Å². The highest BCUT2D eigenvalue weighted by Gasteiger charge is 2.02. The summed E-state index contributed by atoms with van der Waals surface area (Å²) in [5.74, 6) is 0.927. The van der Waals surface area contributed by atoms with Crippen LogP contribution in [0.25, 0.3) is 0 Å². The highest BCUT2D eigenvalue weighted by Crippen LogP contribution is 2.04. The highest BCUT2D eigenvalue weighted by molar-refractivity contribution is 5.26. The molecule has 0 aliphatic rings. The number of nitrogens with zero attached hydrogens (tertiary/aromatic N) is 4. The summed E-state index contributed by atoms with van der Waals surface area (Å²) in [4.78, 5) is 15.7. The van der Waals surface area contributed by atoms with E-state index in [-0.39, 0.29) is 11.9 Å². The van der Waals surface area contributed by atoms with E-state index in [1.165, 1.54) is 0 Å². The van der Waals surface area contributed by atoms with Crippen LogP contribution in [-0.2, 0) is 12.8 Å². The molecule has 4 N–H and O–H groups in total. The SMILES string of the molecule is Nc1nc(N)nc(CCc2cccnc2)n1. The molecule has 0 saturated heterocycles. The fourth-order valence-corrected chi connectivity index (χ4v) is 1.37. The molecule has 6 heteroatoms. The molecule has 2 rings (SSSR count). The second-order valence-electron chi connectivity index (χ2n) is 3.33. The molecule has 0 amide bonds. The molecular weight excluding hydrogens is 204 g/mol. The topological polar surface area (TPSA) is 104 Å². The van der Waals surface area contributed by atoms with Crippen molar-refractivity contribution in [2.75, 3.05) is 11.5 Å². The van der Waals surface area contributed by atoms with E-state index in [4.69, 9.17) is 11.5 Å².